The molecule has 3 heterocycles. The third-order valence-corrected chi connectivity index (χ3v) is 10.0. The maximum absolute atomic E-state index is 13.8. The molecule has 2 aromatic carbocycles. The van der Waals surface area contributed by atoms with Crippen molar-refractivity contribution in [1.82, 2.24) is 30.5 Å². The highest BCUT2D eigenvalue weighted by atomic mass is 32.2. The Bertz CT molecular complexity index is 2080. The number of benzene rings is 2. The van der Waals surface area contributed by atoms with E-state index in [2.05, 4.69) is 25.5 Å². The molecule has 0 saturated heterocycles. The lowest BCUT2D eigenvalue weighted by Crippen LogP contribution is -2.30. The van der Waals surface area contributed by atoms with Gasteiger partial charge in [-0.05, 0) is 60.6 Å². The van der Waals surface area contributed by atoms with Crippen LogP contribution in [-0.2, 0) is 10.0 Å². The van der Waals surface area contributed by atoms with Crippen LogP contribution in [0, 0.1) is 5.92 Å². The Morgan fingerprint density at radius 1 is 0.936 bits per heavy atom. The van der Waals surface area contributed by atoms with Crippen LogP contribution in [0.2, 0.25) is 0 Å². The predicted molar refractivity (Wildman–Crippen MR) is 175 cm³/mol. The zero-order chi connectivity index (χ0) is 32.7. The van der Waals surface area contributed by atoms with E-state index in [-0.39, 0.29) is 35.4 Å². The molecule has 2 atom stereocenters. The van der Waals surface area contributed by atoms with Crippen LogP contribution >= 0.6 is 0 Å². The molecular weight excluding hydrogens is 616 g/mol. The summed E-state index contributed by atoms with van der Waals surface area (Å²) in [6.07, 6.45) is 7.02. The molecule has 240 valence electrons. The molecule has 2 aliphatic rings. The highest BCUT2D eigenvalue weighted by Crippen LogP contribution is 2.47. The van der Waals surface area contributed by atoms with Crippen LogP contribution in [0.1, 0.15) is 88.8 Å². The third-order valence-electron chi connectivity index (χ3n) is 8.58. The number of amides is 2. The molecule has 1 saturated carbocycles. The molecule has 0 radical (unpaired) electrons. The smallest absolute Gasteiger partial charge is 0.290 e. The van der Waals surface area contributed by atoms with Crippen molar-refractivity contribution in [2.45, 2.75) is 56.0 Å². The minimum atomic E-state index is -3.95. The van der Waals surface area contributed by atoms with Crippen molar-refractivity contribution < 1.29 is 22.5 Å². The number of hydrogen-bond acceptors (Lipinski definition) is 8. The highest BCUT2D eigenvalue weighted by Gasteiger charge is 2.38. The largest absolute Gasteiger partial charge is 0.350 e. The SMILES string of the molecule is CC(C)CNS(=O)(=O)c1cc2c(c3cnc(C4CC4)cc13)[C@@H](NC(=O)c1cc(-c3ccccc3)no1)C[C@@H]2NC(=O)c1cccnc1. The molecule has 0 bridgehead atoms. The molecule has 2 aliphatic carbocycles. The lowest BCUT2D eigenvalue weighted by atomic mass is 9.98. The molecular formula is C35H34N6O5S. The first-order valence-electron chi connectivity index (χ1n) is 15.7. The summed E-state index contributed by atoms with van der Waals surface area (Å²) in [6.45, 7) is 4.14. The second-order valence-electron chi connectivity index (χ2n) is 12.5. The minimum absolute atomic E-state index is 0.0313. The number of sulfonamides is 1. The summed E-state index contributed by atoms with van der Waals surface area (Å²) in [5.74, 6) is -0.434. The Kier molecular flexibility index (Phi) is 8.06. The van der Waals surface area contributed by atoms with Gasteiger partial charge in [0, 0.05) is 59.1 Å². The van der Waals surface area contributed by atoms with Gasteiger partial charge in [-0.2, -0.15) is 0 Å². The monoisotopic (exact) mass is 650 g/mol. The van der Waals surface area contributed by atoms with E-state index >= 15 is 0 Å². The second-order valence-corrected chi connectivity index (χ2v) is 14.3. The quantitative estimate of drug-likeness (QED) is 0.180. The van der Waals surface area contributed by atoms with E-state index in [9.17, 15) is 18.0 Å². The Labute approximate surface area is 272 Å². The first-order chi connectivity index (χ1) is 22.7. The van der Waals surface area contributed by atoms with Crippen molar-refractivity contribution in [3.05, 3.63) is 107 Å². The Morgan fingerprint density at radius 2 is 1.72 bits per heavy atom. The van der Waals surface area contributed by atoms with E-state index in [1.54, 1.807) is 36.7 Å². The van der Waals surface area contributed by atoms with E-state index in [4.69, 9.17) is 9.51 Å². The molecule has 3 aromatic heterocycles. The summed E-state index contributed by atoms with van der Waals surface area (Å²) >= 11 is 0. The van der Waals surface area contributed by atoms with Crippen LogP contribution in [0.5, 0.6) is 0 Å². The van der Waals surface area contributed by atoms with Crippen LogP contribution in [-0.4, -0.2) is 41.9 Å². The zero-order valence-electron chi connectivity index (χ0n) is 25.9. The van der Waals surface area contributed by atoms with Crippen LogP contribution in [0.3, 0.4) is 0 Å². The fourth-order valence-corrected chi connectivity index (χ4v) is 7.49. The Morgan fingerprint density at radius 3 is 2.45 bits per heavy atom. The van der Waals surface area contributed by atoms with Crippen molar-refractivity contribution in [3.8, 4) is 11.3 Å². The fraction of sp³-hybridized carbons (Fsp3) is 0.286. The molecule has 7 rings (SSSR count). The summed E-state index contributed by atoms with van der Waals surface area (Å²) in [4.78, 5) is 35.9. The number of rotatable bonds is 10. The van der Waals surface area contributed by atoms with E-state index in [1.165, 1.54) is 6.20 Å². The number of aromatic nitrogens is 3. The van der Waals surface area contributed by atoms with Gasteiger partial charge in [0.15, 0.2) is 0 Å². The van der Waals surface area contributed by atoms with E-state index in [1.807, 2.05) is 50.2 Å². The van der Waals surface area contributed by atoms with Crippen LogP contribution < -0.4 is 15.4 Å². The van der Waals surface area contributed by atoms with Crippen LogP contribution in [0.15, 0.2) is 88.7 Å². The van der Waals surface area contributed by atoms with Gasteiger partial charge in [0.2, 0.25) is 15.8 Å². The second kappa shape index (κ2) is 12.3. The Balaban J connectivity index is 1.31. The standard InChI is InChI=1S/C35H34N6O5S/c1-20(2)17-38-47(44,45)32-14-25-29(39-34(42)23-9-6-12-36-18-23)15-30(33(25)26-19-37-27(13-24(26)32)22-10-11-22)40-35(43)31-16-28(41-46-31)21-7-4-3-5-8-21/h3-9,12-14,16,18-20,22,29-30,38H,10-11,15,17H2,1-2H3,(H,39,42)(H,40,43)/t29-,30-/m0/s1. The molecule has 0 unspecified atom stereocenters. The first kappa shape index (κ1) is 30.7. The van der Waals surface area contributed by atoms with Gasteiger partial charge < -0.3 is 15.2 Å². The van der Waals surface area contributed by atoms with E-state index < -0.39 is 28.0 Å². The molecule has 1 fully saturated rings. The number of carbonyl (C=O) groups excluding carboxylic acids is 2. The summed E-state index contributed by atoms with van der Waals surface area (Å²) < 4.78 is 35.9. The van der Waals surface area contributed by atoms with Crippen molar-refractivity contribution in [3.63, 3.8) is 0 Å². The molecule has 5 aromatic rings. The van der Waals surface area contributed by atoms with Gasteiger partial charge in [-0.1, -0.05) is 49.3 Å². The van der Waals surface area contributed by atoms with Gasteiger partial charge >= 0.3 is 0 Å². The van der Waals surface area contributed by atoms with Crippen molar-refractivity contribution in [1.29, 1.82) is 0 Å². The maximum Gasteiger partial charge on any atom is 0.290 e. The van der Waals surface area contributed by atoms with Gasteiger partial charge in [0.05, 0.1) is 22.5 Å². The lowest BCUT2D eigenvalue weighted by molar-refractivity contribution is 0.0897. The summed E-state index contributed by atoms with van der Waals surface area (Å²) in [6, 6.07) is 16.6. The van der Waals surface area contributed by atoms with Crippen molar-refractivity contribution in [2.75, 3.05) is 6.54 Å². The molecule has 11 nitrogen and oxygen atoms in total. The summed E-state index contributed by atoms with van der Waals surface area (Å²) in [5.41, 5.74) is 3.82. The minimum Gasteiger partial charge on any atom is -0.350 e. The van der Waals surface area contributed by atoms with Gasteiger partial charge in [-0.15, -0.1) is 0 Å². The van der Waals surface area contributed by atoms with E-state index in [0.29, 0.717) is 39.1 Å². The normalized spacial score (nSPS) is 17.5. The number of nitrogens with one attached hydrogen (secondary N) is 3. The maximum atomic E-state index is 13.8. The van der Waals surface area contributed by atoms with Gasteiger partial charge in [0.25, 0.3) is 11.8 Å². The van der Waals surface area contributed by atoms with Gasteiger partial charge in [0.1, 0.15) is 5.69 Å². The van der Waals surface area contributed by atoms with E-state index in [0.717, 1.165) is 24.1 Å². The molecule has 0 aliphatic heterocycles. The van der Waals surface area contributed by atoms with Crippen molar-refractivity contribution >= 4 is 32.6 Å². The van der Waals surface area contributed by atoms with Gasteiger partial charge in [-0.25, -0.2) is 13.1 Å². The topological polar surface area (TPSA) is 156 Å². The van der Waals surface area contributed by atoms with Crippen molar-refractivity contribution in [2.24, 2.45) is 5.92 Å². The van der Waals surface area contributed by atoms with Crippen LogP contribution in [0.4, 0.5) is 0 Å². The number of pyridine rings is 2. The van der Waals surface area contributed by atoms with Gasteiger partial charge in [-0.3, -0.25) is 19.6 Å². The first-order valence-corrected chi connectivity index (χ1v) is 17.2. The number of hydrogen-bond donors (Lipinski definition) is 3. The molecule has 3 N–H and O–H groups in total. The lowest BCUT2D eigenvalue weighted by Gasteiger charge is -2.19. The molecule has 0 spiro atoms. The molecule has 47 heavy (non-hydrogen) atoms. The Hall–Kier alpha value is -4.94. The summed E-state index contributed by atoms with van der Waals surface area (Å²) in [7, 11) is -3.95. The third kappa shape index (κ3) is 6.26. The number of carbonyl (C=O) groups is 2. The molecule has 2 amide bonds. The summed E-state index contributed by atoms with van der Waals surface area (Å²) in [5, 5.41) is 11.3. The average Bonchev–Trinajstić information content (AvgIpc) is 3.71. The average molecular weight is 651 g/mol. The number of fused-ring (bicyclic) bond motifs is 3. The van der Waals surface area contributed by atoms with Crippen LogP contribution in [0.25, 0.3) is 22.0 Å². The predicted octanol–water partition coefficient (Wildman–Crippen LogP) is 5.44. The zero-order valence-corrected chi connectivity index (χ0v) is 26.8. The highest BCUT2D eigenvalue weighted by molar-refractivity contribution is 7.89. The number of nitrogens with zero attached hydrogens (tertiary/aromatic N) is 3. The fourth-order valence-electron chi connectivity index (χ4n) is 6.04. The molecule has 12 heteroatoms.